The Bertz CT molecular complexity index is 927. The number of benzene rings is 2. The molecule has 0 fully saturated rings. The van der Waals surface area contributed by atoms with Crippen molar-refractivity contribution < 1.29 is 19.4 Å². The van der Waals surface area contributed by atoms with E-state index in [-0.39, 0.29) is 11.8 Å². The highest BCUT2D eigenvalue weighted by molar-refractivity contribution is 5.88. The molecule has 1 aliphatic heterocycles. The van der Waals surface area contributed by atoms with Gasteiger partial charge in [0, 0.05) is 5.92 Å². The molecule has 1 unspecified atom stereocenters. The van der Waals surface area contributed by atoms with Crippen LogP contribution in [-0.2, 0) is 14.3 Å². The maximum Gasteiger partial charge on any atom is 0.323 e. The minimum atomic E-state index is -0.999. The maximum absolute atomic E-state index is 12.2. The van der Waals surface area contributed by atoms with E-state index in [4.69, 9.17) is 9.47 Å². The molecule has 0 saturated carbocycles. The molecule has 8 nitrogen and oxygen atoms in total. The van der Waals surface area contributed by atoms with Gasteiger partial charge in [0.15, 0.2) is 0 Å². The number of ether oxygens (including phenoxy) is 2. The SMILES string of the molecule is COC1=CC(OC)=NN(NC(C(=O)O)C2c3ccccc3-c3ccccc32)N1. The molecule has 4 rings (SSSR count). The van der Waals surface area contributed by atoms with E-state index in [0.29, 0.717) is 5.88 Å². The highest BCUT2D eigenvalue weighted by Gasteiger charge is 2.39. The van der Waals surface area contributed by atoms with E-state index in [1.807, 2.05) is 48.5 Å². The van der Waals surface area contributed by atoms with Crippen LogP contribution in [0.4, 0.5) is 0 Å². The quantitative estimate of drug-likeness (QED) is 0.730. The molecule has 0 aromatic heterocycles. The third kappa shape index (κ3) is 3.03. The number of nitrogens with zero attached hydrogens (tertiary/aromatic N) is 2. The second-order valence-electron chi connectivity index (χ2n) is 6.38. The molecule has 0 bridgehead atoms. The van der Waals surface area contributed by atoms with Gasteiger partial charge in [-0.1, -0.05) is 48.5 Å². The number of methoxy groups -OCH3 is 2. The summed E-state index contributed by atoms with van der Waals surface area (Å²) in [5, 5.41) is 15.4. The monoisotopic (exact) mass is 380 g/mol. The Labute approximate surface area is 162 Å². The number of aliphatic carboxylic acids is 1. The highest BCUT2D eigenvalue weighted by atomic mass is 16.5. The first kappa shape index (κ1) is 17.9. The standard InChI is InChI=1S/C20H20N4O4/c1-27-16-11-17(28-2)22-24(21-16)23-19(20(25)26)18-14-9-5-3-7-12(14)13-8-4-6-10-15(13)18/h3-11,18-19,21,23H,1-2H3,(H,25,26). The van der Waals surface area contributed by atoms with E-state index in [9.17, 15) is 9.90 Å². The number of fused-ring (bicyclic) bond motifs is 3. The molecular formula is C20H20N4O4. The molecule has 144 valence electrons. The van der Waals surface area contributed by atoms with Crippen molar-refractivity contribution >= 4 is 11.9 Å². The van der Waals surface area contributed by atoms with Crippen LogP contribution < -0.4 is 10.9 Å². The second kappa shape index (κ2) is 7.24. The predicted molar refractivity (Wildman–Crippen MR) is 103 cm³/mol. The van der Waals surface area contributed by atoms with Crippen LogP contribution in [0.2, 0.25) is 0 Å². The van der Waals surface area contributed by atoms with Gasteiger partial charge in [-0.05, 0) is 22.3 Å². The number of carboxylic acid groups (broad SMARTS) is 1. The number of carboxylic acids is 1. The zero-order valence-corrected chi connectivity index (χ0v) is 15.4. The Morgan fingerprint density at radius 2 is 1.71 bits per heavy atom. The first-order valence-electron chi connectivity index (χ1n) is 8.74. The van der Waals surface area contributed by atoms with Gasteiger partial charge < -0.3 is 14.6 Å². The Morgan fingerprint density at radius 1 is 1.11 bits per heavy atom. The molecule has 1 atom stereocenters. The van der Waals surface area contributed by atoms with Crippen molar-refractivity contribution in [2.45, 2.75) is 12.0 Å². The zero-order chi connectivity index (χ0) is 19.7. The van der Waals surface area contributed by atoms with Gasteiger partial charge in [0.25, 0.3) is 0 Å². The van der Waals surface area contributed by atoms with E-state index in [1.54, 1.807) is 6.08 Å². The van der Waals surface area contributed by atoms with E-state index < -0.39 is 12.0 Å². The number of hydrogen-bond acceptors (Lipinski definition) is 7. The molecule has 0 spiro atoms. The number of nitrogens with one attached hydrogen (secondary N) is 2. The average Bonchev–Trinajstić information content (AvgIpc) is 3.06. The predicted octanol–water partition coefficient (Wildman–Crippen LogP) is 2.02. The Balaban J connectivity index is 1.71. The fourth-order valence-electron chi connectivity index (χ4n) is 3.62. The molecule has 2 aromatic carbocycles. The van der Waals surface area contributed by atoms with Crippen LogP contribution >= 0.6 is 0 Å². The minimum Gasteiger partial charge on any atom is -0.481 e. The number of hydrogen-bond donors (Lipinski definition) is 3. The summed E-state index contributed by atoms with van der Waals surface area (Å²) in [6.45, 7) is 0. The van der Waals surface area contributed by atoms with Crippen molar-refractivity contribution in [2.75, 3.05) is 14.2 Å². The molecule has 0 radical (unpaired) electrons. The van der Waals surface area contributed by atoms with Crippen LogP contribution in [-0.4, -0.2) is 42.5 Å². The summed E-state index contributed by atoms with van der Waals surface area (Å²) in [5.41, 5.74) is 9.80. The van der Waals surface area contributed by atoms with Crippen LogP contribution in [0.1, 0.15) is 17.0 Å². The van der Waals surface area contributed by atoms with Gasteiger partial charge in [-0.2, -0.15) is 5.43 Å². The number of hydrazone groups is 1. The van der Waals surface area contributed by atoms with Gasteiger partial charge in [-0.3, -0.25) is 4.79 Å². The molecular weight excluding hydrogens is 360 g/mol. The van der Waals surface area contributed by atoms with Crippen molar-refractivity contribution in [1.29, 1.82) is 0 Å². The fourth-order valence-corrected chi connectivity index (χ4v) is 3.62. The Hall–Kier alpha value is -3.52. The normalized spacial score (nSPS) is 16.3. The molecule has 8 heteroatoms. The molecule has 2 aromatic rings. The van der Waals surface area contributed by atoms with E-state index in [1.165, 1.54) is 19.4 Å². The third-order valence-electron chi connectivity index (χ3n) is 4.84. The lowest BCUT2D eigenvalue weighted by atomic mass is 9.90. The lowest BCUT2D eigenvalue weighted by molar-refractivity contribution is -0.142. The summed E-state index contributed by atoms with van der Waals surface area (Å²) in [5.74, 6) is -0.735. The lowest BCUT2D eigenvalue weighted by Gasteiger charge is -2.31. The van der Waals surface area contributed by atoms with Crippen molar-refractivity contribution in [1.82, 2.24) is 16.1 Å². The topological polar surface area (TPSA) is 95.4 Å². The fraction of sp³-hybridized carbons (Fsp3) is 0.200. The van der Waals surface area contributed by atoms with Crippen LogP contribution in [0.15, 0.2) is 65.6 Å². The van der Waals surface area contributed by atoms with Gasteiger partial charge in [0.1, 0.15) is 6.04 Å². The molecule has 28 heavy (non-hydrogen) atoms. The first-order chi connectivity index (χ1) is 13.6. The average molecular weight is 380 g/mol. The van der Waals surface area contributed by atoms with E-state index >= 15 is 0 Å². The van der Waals surface area contributed by atoms with Crippen LogP contribution in [0, 0.1) is 0 Å². The lowest BCUT2D eigenvalue weighted by Crippen LogP contribution is -2.55. The highest BCUT2D eigenvalue weighted by Crippen LogP contribution is 2.46. The maximum atomic E-state index is 12.2. The number of hydrazine groups is 2. The van der Waals surface area contributed by atoms with Gasteiger partial charge >= 0.3 is 5.97 Å². The minimum absolute atomic E-state index is 0.277. The molecule has 1 heterocycles. The summed E-state index contributed by atoms with van der Waals surface area (Å²) in [4.78, 5) is 12.2. The van der Waals surface area contributed by atoms with Crippen molar-refractivity contribution in [2.24, 2.45) is 5.10 Å². The van der Waals surface area contributed by atoms with Gasteiger partial charge in [-0.25, -0.2) is 5.43 Å². The Kier molecular flexibility index (Phi) is 4.62. The second-order valence-corrected chi connectivity index (χ2v) is 6.38. The largest absolute Gasteiger partial charge is 0.481 e. The van der Waals surface area contributed by atoms with Crippen molar-refractivity contribution in [3.05, 3.63) is 71.6 Å². The van der Waals surface area contributed by atoms with E-state index in [2.05, 4.69) is 16.0 Å². The van der Waals surface area contributed by atoms with Crippen LogP contribution in [0.3, 0.4) is 0 Å². The van der Waals surface area contributed by atoms with Crippen molar-refractivity contribution in [3.8, 4) is 11.1 Å². The molecule has 3 N–H and O–H groups in total. The van der Waals surface area contributed by atoms with Crippen LogP contribution in [0.25, 0.3) is 11.1 Å². The van der Waals surface area contributed by atoms with E-state index in [0.717, 1.165) is 22.3 Å². The zero-order valence-electron chi connectivity index (χ0n) is 15.4. The Morgan fingerprint density at radius 3 is 2.25 bits per heavy atom. The summed E-state index contributed by atoms with van der Waals surface area (Å²) in [6, 6.07) is 14.7. The smallest absolute Gasteiger partial charge is 0.323 e. The molecule has 1 aliphatic carbocycles. The van der Waals surface area contributed by atoms with Crippen LogP contribution in [0.5, 0.6) is 0 Å². The third-order valence-corrected chi connectivity index (χ3v) is 4.84. The summed E-state index contributed by atoms with van der Waals surface area (Å²) in [7, 11) is 2.97. The summed E-state index contributed by atoms with van der Waals surface area (Å²) in [6.07, 6.45) is 1.56. The number of carbonyl (C=O) groups is 1. The van der Waals surface area contributed by atoms with Gasteiger partial charge in [-0.15, -0.1) is 10.3 Å². The summed E-state index contributed by atoms with van der Waals surface area (Å²) < 4.78 is 10.4. The summed E-state index contributed by atoms with van der Waals surface area (Å²) >= 11 is 0. The number of rotatable bonds is 5. The first-order valence-corrected chi connectivity index (χ1v) is 8.74. The van der Waals surface area contributed by atoms with Crippen molar-refractivity contribution in [3.63, 3.8) is 0 Å². The van der Waals surface area contributed by atoms with Gasteiger partial charge in [0.05, 0.1) is 20.3 Å². The molecule has 0 amide bonds. The van der Waals surface area contributed by atoms with Gasteiger partial charge in [0.2, 0.25) is 11.8 Å². The molecule has 0 saturated heterocycles. The molecule has 2 aliphatic rings.